The first-order chi connectivity index (χ1) is 37.7. The number of Topliss-reactive ketones (excluding diaryl/α,β-unsaturated/α-hetero) is 1. The number of benzene rings is 1. The third-order valence-corrected chi connectivity index (χ3v) is 26.4. The highest BCUT2D eigenvalue weighted by molar-refractivity contribution is 5.94. The number of carbonyl (C=O) groups is 3. The number of ketones is 1. The quantitative estimate of drug-likeness (QED) is 0.0924. The van der Waals surface area contributed by atoms with E-state index < -0.39 is 92.7 Å². The van der Waals surface area contributed by atoms with Gasteiger partial charge in [-0.25, -0.2) is 4.79 Å². The van der Waals surface area contributed by atoms with Crippen LogP contribution in [0.3, 0.4) is 0 Å². The molecule has 1 aromatic heterocycles. The summed E-state index contributed by atoms with van der Waals surface area (Å²) in [7, 11) is 0. The lowest BCUT2D eigenvalue weighted by Crippen LogP contribution is -2.83. The summed E-state index contributed by atoms with van der Waals surface area (Å²) in [6, 6.07) is 13.1. The topological polar surface area (TPSA) is 181 Å². The average molecular weight is 1060 g/mol. The molecule has 15 aliphatic rings. The van der Waals surface area contributed by atoms with Gasteiger partial charge in [-0.3, -0.25) is 14.9 Å². The third-order valence-electron chi connectivity index (χ3n) is 26.4. The number of carbonyl (C=O) groups excluding carboxylic acids is 3. The summed E-state index contributed by atoms with van der Waals surface area (Å²) in [4.78, 5) is 50.4. The summed E-state index contributed by atoms with van der Waals surface area (Å²) in [5.74, 6) is 5.64. The van der Waals surface area contributed by atoms with Gasteiger partial charge in [0.05, 0.1) is 54.9 Å². The second-order valence-corrected chi connectivity index (χ2v) is 28.7. The van der Waals surface area contributed by atoms with E-state index in [9.17, 15) is 15.3 Å². The largest absolute Gasteiger partial charge is 0.469 e. The number of esters is 2. The van der Waals surface area contributed by atoms with Gasteiger partial charge in [-0.2, -0.15) is 0 Å². The molecule has 5 saturated heterocycles. The van der Waals surface area contributed by atoms with Crippen molar-refractivity contribution in [2.24, 2.45) is 92.7 Å². The van der Waals surface area contributed by atoms with Crippen LogP contribution in [0.1, 0.15) is 121 Å². The molecule has 2 aromatic rings. The Kier molecular flexibility index (Phi) is 9.82. The number of nitrogens with one attached hydrogen (secondary N) is 1. The number of cyclic esters (lactones) is 1. The number of hydrogen-bond acceptors (Lipinski definition) is 13. The standard InChI is InChI=1S/C65H76N2O11/c1-58-21-16-42-27-41-11-7-19-60(41)30-40-29-59(2)62(45-18-23-74-49(45)28-44(48(69)32-68)38-14-15-43-39(26-38)17-22-67-34-66-31-47(43)67)20-6-10-37-13-12-36(24-35-8-4-3-5-9-35)25-46(37)63(65(59)55(76-65)57(73)77-62)51(40)61(52(58)50(70)54(63)71)33-75-56(72)53(60)64(42,61)78-58/h3-5,8-9,16-18,22-23,36-41,43-44,46-48,51-55,66,68-69,71H,7,11-15,19-21,24-34H2,1-2H3/t36-,37-,38+,39+,40-,41+,43-,44-,46-,47-,48+,51+,52+,53-,54+,55+,58-,59-,60-,61+,62-,63-,64-,65+/m0/s1. The number of hydrogen-bond donors (Lipinski definition) is 4. The molecule has 7 aliphatic heterocycles. The van der Waals surface area contributed by atoms with Crippen molar-refractivity contribution in [3.8, 4) is 11.8 Å². The van der Waals surface area contributed by atoms with E-state index in [-0.39, 0.29) is 66.2 Å². The van der Waals surface area contributed by atoms with Crippen LogP contribution in [0.2, 0.25) is 0 Å². The first-order valence-electron chi connectivity index (χ1n) is 30.5. The van der Waals surface area contributed by atoms with E-state index in [4.69, 9.17) is 23.4 Å². The van der Waals surface area contributed by atoms with Gasteiger partial charge in [-0.05, 0) is 172 Å². The zero-order valence-corrected chi connectivity index (χ0v) is 45.2. The molecule has 8 aliphatic carbocycles. The van der Waals surface area contributed by atoms with E-state index in [2.05, 4.69) is 84.6 Å². The van der Waals surface area contributed by atoms with Crippen LogP contribution >= 0.6 is 0 Å². The normalized spacial score (nSPS) is 52.4. The van der Waals surface area contributed by atoms with E-state index in [1.807, 2.05) is 6.07 Å². The zero-order valence-electron chi connectivity index (χ0n) is 45.2. The highest BCUT2D eigenvalue weighted by Crippen LogP contribution is 2.90. The third kappa shape index (κ3) is 5.36. The molecule has 8 heterocycles. The number of aliphatic hydroxyl groups excluding tert-OH is 3. The van der Waals surface area contributed by atoms with E-state index in [1.165, 1.54) is 5.56 Å². The molecule has 17 rings (SSSR count). The molecule has 1 aromatic carbocycles. The minimum atomic E-state index is -1.55. The Hall–Kier alpha value is -4.29. The molecular weight excluding hydrogens is 985 g/mol. The van der Waals surface area contributed by atoms with E-state index in [0.717, 1.165) is 83.0 Å². The molecule has 0 radical (unpaired) electrons. The number of ether oxygens (including phenoxy) is 4. The Balaban J connectivity index is 0.881. The number of allylic oxidation sites excluding steroid dienone is 1. The molecule has 12 fully saturated rings. The van der Waals surface area contributed by atoms with Crippen molar-refractivity contribution in [3.63, 3.8) is 0 Å². The summed E-state index contributed by atoms with van der Waals surface area (Å²) in [6.45, 7) is 5.78. The van der Waals surface area contributed by atoms with Crippen LogP contribution in [0, 0.1) is 105 Å². The van der Waals surface area contributed by atoms with Gasteiger partial charge in [0.25, 0.3) is 0 Å². The van der Waals surface area contributed by atoms with E-state index >= 15 is 14.4 Å². The number of fused-ring (bicyclic) bond motifs is 6. The molecule has 0 amide bonds. The van der Waals surface area contributed by atoms with Crippen LogP contribution in [0.15, 0.2) is 71.0 Å². The van der Waals surface area contributed by atoms with Gasteiger partial charge in [0.15, 0.2) is 17.5 Å². The summed E-state index contributed by atoms with van der Waals surface area (Å²) in [5, 5.41) is 40.9. The van der Waals surface area contributed by atoms with Crippen molar-refractivity contribution in [2.45, 2.75) is 163 Å². The molecule has 0 unspecified atom stereocenters. The Labute approximate surface area is 457 Å². The summed E-state index contributed by atoms with van der Waals surface area (Å²) < 4.78 is 36.3. The van der Waals surface area contributed by atoms with Gasteiger partial charge in [-0.15, -0.1) is 0 Å². The maximum absolute atomic E-state index is 16.8. The molecule has 412 valence electrons. The SMILES string of the molecule is C[C@]12C[C@H]3C[C@@]45CCC[C@@H]4CC4=CC[C@]6(C)O[C@]47[C@H]5C(=O)OC[C@]74[C@@H]3[C@]3([C@H](O)C(=O)[C@@H]46)[C@H]4C[C@H](Cc5ccccc5)CC[C@@H]4C#CC[C@@]1(c1ccoc1C[C@@H]([C@@H]1CC[C@H]4[C@H](C=CN5CNC[C@@H]45)C1)[C@H](O)CO)OC(=O)[C@H]1O[C@@]132. The molecule has 24 atom stereocenters. The highest BCUT2D eigenvalue weighted by Gasteiger charge is 2.99. The molecule has 78 heavy (non-hydrogen) atoms. The lowest BCUT2D eigenvalue weighted by molar-refractivity contribution is -0.315. The first kappa shape index (κ1) is 48.4. The van der Waals surface area contributed by atoms with Gasteiger partial charge in [0.2, 0.25) is 0 Å². The van der Waals surface area contributed by atoms with Crippen LogP contribution in [0.25, 0.3) is 0 Å². The predicted molar refractivity (Wildman–Crippen MR) is 281 cm³/mol. The fraction of sp³-hybridized carbons (Fsp3) is 0.708. The van der Waals surface area contributed by atoms with Crippen LogP contribution < -0.4 is 5.32 Å². The minimum Gasteiger partial charge on any atom is -0.469 e. The number of rotatable bonds is 8. The second-order valence-electron chi connectivity index (χ2n) is 28.7. The summed E-state index contributed by atoms with van der Waals surface area (Å²) >= 11 is 0. The van der Waals surface area contributed by atoms with Crippen molar-refractivity contribution in [1.29, 1.82) is 0 Å². The second kappa shape index (κ2) is 15.8. The van der Waals surface area contributed by atoms with Gasteiger partial charge in [0, 0.05) is 41.3 Å². The van der Waals surface area contributed by atoms with Crippen molar-refractivity contribution >= 4 is 17.7 Å². The zero-order chi connectivity index (χ0) is 52.7. The number of aliphatic hydroxyl groups is 3. The number of epoxide rings is 1. The van der Waals surface area contributed by atoms with Crippen molar-refractivity contribution < 1.29 is 53.1 Å². The lowest BCUT2D eigenvalue weighted by atomic mass is 9.28. The fourth-order valence-corrected chi connectivity index (χ4v) is 24.3. The predicted octanol–water partition coefficient (Wildman–Crippen LogP) is 6.95. The molecule has 13 nitrogen and oxygen atoms in total. The number of nitrogens with zero attached hydrogens (tertiary/aromatic N) is 1. The first-order valence-corrected chi connectivity index (χ1v) is 30.5. The fourth-order valence-electron chi connectivity index (χ4n) is 24.3. The van der Waals surface area contributed by atoms with E-state index in [1.54, 1.807) is 6.26 Å². The molecule has 9 bridgehead atoms. The maximum atomic E-state index is 16.8. The van der Waals surface area contributed by atoms with Gasteiger partial charge < -0.3 is 43.6 Å². The summed E-state index contributed by atoms with van der Waals surface area (Å²) in [5.41, 5.74) is -5.97. The molecule has 13 heteroatoms. The highest BCUT2D eigenvalue weighted by atomic mass is 16.7. The Morgan fingerprint density at radius 2 is 1.86 bits per heavy atom. The average Bonchev–Trinajstić information content (AvgIpc) is 1.52. The van der Waals surface area contributed by atoms with Crippen LogP contribution in [0.5, 0.6) is 0 Å². The van der Waals surface area contributed by atoms with Gasteiger partial charge in [-0.1, -0.05) is 67.7 Å². The smallest absolute Gasteiger partial charge is 0.339 e. The maximum Gasteiger partial charge on any atom is 0.339 e. The van der Waals surface area contributed by atoms with Crippen molar-refractivity contribution in [1.82, 2.24) is 10.2 Å². The van der Waals surface area contributed by atoms with Crippen LogP contribution in [0.4, 0.5) is 0 Å². The Morgan fingerprint density at radius 1 is 0.987 bits per heavy atom. The molecule has 4 N–H and O–H groups in total. The van der Waals surface area contributed by atoms with Gasteiger partial charge >= 0.3 is 11.9 Å². The molecule has 5 spiro atoms. The molecular formula is C65H76N2O11. The number of furan rings is 1. The Bertz CT molecular complexity index is 3070. The van der Waals surface area contributed by atoms with E-state index in [0.29, 0.717) is 61.3 Å². The van der Waals surface area contributed by atoms with Crippen molar-refractivity contribution in [3.05, 3.63) is 83.5 Å². The lowest BCUT2D eigenvalue weighted by Gasteiger charge is -2.74. The molecule has 7 saturated carbocycles. The Morgan fingerprint density at radius 3 is 2.72 bits per heavy atom. The summed E-state index contributed by atoms with van der Waals surface area (Å²) in [6.07, 6.45) is 16.8. The van der Waals surface area contributed by atoms with Crippen LogP contribution in [-0.2, 0) is 51.8 Å². The minimum absolute atomic E-state index is 0.0143. The van der Waals surface area contributed by atoms with Crippen molar-refractivity contribution in [2.75, 3.05) is 26.4 Å². The van der Waals surface area contributed by atoms with Crippen LogP contribution in [-0.4, -0.2) is 106 Å². The van der Waals surface area contributed by atoms with Gasteiger partial charge in [0.1, 0.15) is 29.7 Å². The monoisotopic (exact) mass is 1060 g/mol.